The number of halogens is 3. The highest BCUT2D eigenvalue weighted by Crippen LogP contribution is 2.42. The van der Waals surface area contributed by atoms with E-state index in [2.05, 4.69) is 11.4 Å². The monoisotopic (exact) mass is 536 g/mol. The zero-order valence-corrected chi connectivity index (χ0v) is 21.8. The lowest BCUT2D eigenvalue weighted by Crippen LogP contribution is -2.61. The molecule has 206 valence electrons. The van der Waals surface area contributed by atoms with E-state index < -0.39 is 47.6 Å². The summed E-state index contributed by atoms with van der Waals surface area (Å²) in [6.07, 6.45) is -5.00. The van der Waals surface area contributed by atoms with E-state index in [1.54, 1.807) is 49.3 Å². The maximum Gasteiger partial charge on any atom is 0.471 e. The lowest BCUT2D eigenvalue weighted by Gasteiger charge is -2.43. The summed E-state index contributed by atoms with van der Waals surface area (Å²) in [5, 5.41) is 14.4. The number of rotatable bonds is 6. The van der Waals surface area contributed by atoms with Gasteiger partial charge in [-0.05, 0) is 31.4 Å². The van der Waals surface area contributed by atoms with E-state index >= 15 is 0 Å². The molecule has 2 N–H and O–H groups in total. The Morgan fingerprint density at radius 3 is 2.47 bits per heavy atom. The van der Waals surface area contributed by atoms with Crippen molar-refractivity contribution in [3.05, 3.63) is 24.3 Å². The smallest absolute Gasteiger partial charge is 0.357 e. The van der Waals surface area contributed by atoms with E-state index in [4.69, 9.17) is 0 Å². The highest BCUT2D eigenvalue weighted by molar-refractivity contribution is 6.07. The van der Waals surface area contributed by atoms with Crippen LogP contribution in [0.1, 0.15) is 33.6 Å². The number of benzene rings is 1. The molecule has 13 heteroatoms. The summed E-state index contributed by atoms with van der Waals surface area (Å²) in [4.78, 5) is 55.5. The van der Waals surface area contributed by atoms with Gasteiger partial charge in [-0.25, -0.2) is 0 Å². The molecule has 1 aromatic rings. The van der Waals surface area contributed by atoms with Gasteiger partial charge in [-0.1, -0.05) is 26.0 Å². The normalized spacial score (nSPS) is 22.4. The summed E-state index contributed by atoms with van der Waals surface area (Å²) in [5.74, 6) is -4.25. The maximum absolute atomic E-state index is 13.8. The fraction of sp³-hybridized carbons (Fsp3) is 0.560. The number of likely N-dealkylation sites (N-methyl/N-ethyl adjacent to an activating group) is 2. The summed E-state index contributed by atoms with van der Waals surface area (Å²) in [6, 6.07) is 5.54. The predicted octanol–water partition coefficient (Wildman–Crippen LogP) is 1.88. The Balaban J connectivity index is 1.89. The number of likely N-dealkylation sites (tertiary alicyclic amines) is 1. The molecule has 1 aromatic carbocycles. The van der Waals surface area contributed by atoms with E-state index in [1.807, 2.05) is 6.07 Å². The largest absolute Gasteiger partial charge is 0.471 e. The number of fused-ring (bicyclic) bond motifs is 1. The topological polar surface area (TPSA) is 126 Å². The van der Waals surface area contributed by atoms with Crippen LogP contribution in [0.5, 0.6) is 0 Å². The van der Waals surface area contributed by atoms with E-state index in [0.29, 0.717) is 5.69 Å². The molecule has 4 amide bonds. The molecule has 2 aliphatic rings. The van der Waals surface area contributed by atoms with Gasteiger partial charge in [0, 0.05) is 20.5 Å². The minimum atomic E-state index is -5.17. The molecule has 1 saturated heterocycles. The number of nitrogens with zero attached hydrogens (tertiary/aromatic N) is 4. The Morgan fingerprint density at radius 1 is 1.26 bits per heavy atom. The molecule has 0 bridgehead atoms. The van der Waals surface area contributed by atoms with Crippen molar-refractivity contribution in [3.8, 4) is 6.07 Å². The standard InChI is InChI=1S/C25H31F3N6O4/c1-14(2)10-19(32(4)20(35)15(3)30-23(38)25(26,27)28)21(36)34-13-24(11-16(34)12-29)22(37)31-17-8-6-7-9-18(17)33(24)5/h6-9,14-16,19H,10-11,13H2,1-5H3,(H,30,38)(H,31,37)/t15-,16-,19-,24+/m0/s1. The molecule has 2 aliphatic heterocycles. The van der Waals surface area contributed by atoms with Gasteiger partial charge in [0.15, 0.2) is 0 Å². The molecule has 38 heavy (non-hydrogen) atoms. The maximum atomic E-state index is 13.8. The lowest BCUT2D eigenvalue weighted by atomic mass is 9.90. The molecule has 0 saturated carbocycles. The second kappa shape index (κ2) is 10.5. The Hall–Kier alpha value is -3.82. The van der Waals surface area contributed by atoms with Crippen LogP contribution in [0.2, 0.25) is 0 Å². The third-order valence-corrected chi connectivity index (χ3v) is 7.12. The first-order chi connectivity index (χ1) is 17.6. The number of nitriles is 1. The zero-order valence-electron chi connectivity index (χ0n) is 21.8. The van der Waals surface area contributed by atoms with Crippen LogP contribution in [0.15, 0.2) is 24.3 Å². The first kappa shape index (κ1) is 28.7. The van der Waals surface area contributed by atoms with Crippen molar-refractivity contribution in [2.45, 2.75) is 63.5 Å². The van der Waals surface area contributed by atoms with Crippen molar-refractivity contribution in [3.63, 3.8) is 0 Å². The first-order valence-electron chi connectivity index (χ1n) is 12.1. The molecule has 2 heterocycles. The summed E-state index contributed by atoms with van der Waals surface area (Å²) >= 11 is 0. The number of carbonyl (C=O) groups is 4. The van der Waals surface area contributed by atoms with Crippen LogP contribution in [0.25, 0.3) is 0 Å². The number of amides is 4. The lowest BCUT2D eigenvalue weighted by molar-refractivity contribution is -0.175. The minimum absolute atomic E-state index is 0.0238. The molecule has 0 radical (unpaired) electrons. The zero-order chi connectivity index (χ0) is 28.6. The number of alkyl halides is 3. The Bertz CT molecular complexity index is 1170. The van der Waals surface area contributed by atoms with Crippen LogP contribution in [0, 0.1) is 17.2 Å². The number of nitrogens with one attached hydrogen (secondary N) is 2. The number of carbonyl (C=O) groups excluding carboxylic acids is 4. The molecular formula is C25H31F3N6O4. The minimum Gasteiger partial charge on any atom is -0.357 e. The molecule has 1 spiro atoms. The van der Waals surface area contributed by atoms with E-state index in [9.17, 15) is 37.6 Å². The highest BCUT2D eigenvalue weighted by Gasteiger charge is 2.56. The van der Waals surface area contributed by atoms with Gasteiger partial charge in [0.1, 0.15) is 23.7 Å². The molecule has 4 atom stereocenters. The number of hydrogen-bond donors (Lipinski definition) is 2. The molecule has 1 fully saturated rings. The summed E-state index contributed by atoms with van der Waals surface area (Å²) in [7, 11) is 2.98. The second-order valence-corrected chi connectivity index (χ2v) is 10.2. The van der Waals surface area contributed by atoms with Crippen molar-refractivity contribution in [2.24, 2.45) is 5.92 Å². The highest BCUT2D eigenvalue weighted by atomic mass is 19.4. The van der Waals surface area contributed by atoms with E-state index in [-0.39, 0.29) is 31.2 Å². The SMILES string of the molecule is CC(C)C[C@@H](C(=O)N1C[C@]2(C[C@H]1C#N)C(=O)Nc1ccccc1N2C)N(C)C(=O)[C@H](C)NC(=O)C(F)(F)F. The predicted molar refractivity (Wildman–Crippen MR) is 132 cm³/mol. The third-order valence-electron chi connectivity index (χ3n) is 7.12. The van der Waals surface area contributed by atoms with Crippen LogP contribution in [0.3, 0.4) is 0 Å². The Labute approximate surface area is 218 Å². The summed E-state index contributed by atoms with van der Waals surface area (Å²) < 4.78 is 38.1. The van der Waals surface area contributed by atoms with E-state index in [1.165, 1.54) is 11.9 Å². The number of para-hydroxylation sites is 2. The van der Waals surface area contributed by atoms with Gasteiger partial charge in [0.2, 0.25) is 11.8 Å². The van der Waals surface area contributed by atoms with Gasteiger partial charge < -0.3 is 25.3 Å². The molecule has 10 nitrogen and oxygen atoms in total. The van der Waals surface area contributed by atoms with Gasteiger partial charge >= 0.3 is 12.1 Å². The molecule has 3 rings (SSSR count). The average molecular weight is 537 g/mol. The van der Waals surface area contributed by atoms with Gasteiger partial charge in [0.25, 0.3) is 5.91 Å². The van der Waals surface area contributed by atoms with Gasteiger partial charge in [-0.15, -0.1) is 0 Å². The van der Waals surface area contributed by atoms with Gasteiger partial charge in [0.05, 0.1) is 24.0 Å². The van der Waals surface area contributed by atoms with Crippen molar-refractivity contribution in [2.75, 3.05) is 30.9 Å². The molecule has 0 unspecified atom stereocenters. The van der Waals surface area contributed by atoms with Gasteiger partial charge in [-0.3, -0.25) is 19.2 Å². The first-order valence-corrected chi connectivity index (χ1v) is 12.1. The van der Waals surface area contributed by atoms with Crippen LogP contribution >= 0.6 is 0 Å². The van der Waals surface area contributed by atoms with Crippen LogP contribution in [-0.4, -0.2) is 83.9 Å². The van der Waals surface area contributed by atoms with Crippen LogP contribution < -0.4 is 15.5 Å². The fourth-order valence-corrected chi connectivity index (χ4v) is 5.00. The van der Waals surface area contributed by atoms with Crippen molar-refractivity contribution in [1.29, 1.82) is 5.26 Å². The molecule has 0 aromatic heterocycles. The Kier molecular flexibility index (Phi) is 7.95. The van der Waals surface area contributed by atoms with E-state index in [0.717, 1.165) is 17.5 Å². The van der Waals surface area contributed by atoms with Crippen molar-refractivity contribution < 1.29 is 32.3 Å². The quantitative estimate of drug-likeness (QED) is 0.572. The molecular weight excluding hydrogens is 505 g/mol. The second-order valence-electron chi connectivity index (χ2n) is 10.2. The van der Waals surface area contributed by atoms with Crippen molar-refractivity contribution in [1.82, 2.24) is 15.1 Å². The molecule has 0 aliphatic carbocycles. The summed E-state index contributed by atoms with van der Waals surface area (Å²) in [5.41, 5.74) is 0.0868. The average Bonchev–Trinajstić information content (AvgIpc) is 3.25. The van der Waals surface area contributed by atoms with Crippen molar-refractivity contribution >= 4 is 35.0 Å². The van der Waals surface area contributed by atoms with Crippen LogP contribution in [-0.2, 0) is 19.2 Å². The van der Waals surface area contributed by atoms with Gasteiger partial charge in [-0.2, -0.15) is 18.4 Å². The summed E-state index contributed by atoms with van der Waals surface area (Å²) in [6.45, 7) is 4.58. The van der Waals surface area contributed by atoms with Crippen LogP contribution in [0.4, 0.5) is 24.5 Å². The Morgan fingerprint density at radius 2 is 1.89 bits per heavy atom. The third kappa shape index (κ3) is 5.25. The number of hydrogen-bond acceptors (Lipinski definition) is 6. The fourth-order valence-electron chi connectivity index (χ4n) is 5.00. The number of anilines is 2.